The molecule has 4 rings (SSSR count). The van der Waals surface area contributed by atoms with Crippen LogP contribution in [0.4, 0.5) is 18.0 Å². The second-order valence-corrected chi connectivity index (χ2v) is 8.15. The van der Waals surface area contributed by atoms with Gasteiger partial charge in [-0.15, -0.1) is 0 Å². The van der Waals surface area contributed by atoms with Crippen LogP contribution in [-0.2, 0) is 12.7 Å². The number of likely N-dealkylation sites (tertiary alicyclic amines) is 2. The van der Waals surface area contributed by atoms with E-state index in [4.69, 9.17) is 11.6 Å². The lowest BCUT2D eigenvalue weighted by molar-refractivity contribution is -0.137. The number of carbonyl (C=O) groups excluding carboxylic acids is 1. The van der Waals surface area contributed by atoms with Crippen molar-refractivity contribution in [2.75, 3.05) is 26.2 Å². The molecule has 0 saturated carbocycles. The van der Waals surface area contributed by atoms with Crippen LogP contribution < -0.4 is 0 Å². The van der Waals surface area contributed by atoms with Crippen LogP contribution in [0.1, 0.15) is 24.0 Å². The molecule has 2 aliphatic heterocycles. The summed E-state index contributed by atoms with van der Waals surface area (Å²) in [6.07, 6.45) is -1.25. The van der Waals surface area contributed by atoms with Crippen molar-refractivity contribution >= 4 is 17.6 Å². The van der Waals surface area contributed by atoms with E-state index in [1.807, 2.05) is 24.3 Å². The number of hydrogen-bond donors (Lipinski definition) is 0. The molecule has 2 aliphatic rings. The molecule has 1 spiro atoms. The van der Waals surface area contributed by atoms with Gasteiger partial charge in [0.15, 0.2) is 0 Å². The second-order valence-electron chi connectivity index (χ2n) is 7.72. The monoisotopic (exact) mass is 412 g/mol. The van der Waals surface area contributed by atoms with Crippen molar-refractivity contribution in [3.8, 4) is 0 Å². The third kappa shape index (κ3) is 3.89. The van der Waals surface area contributed by atoms with Gasteiger partial charge in [0.05, 0.1) is 11.8 Å². The Labute approximate surface area is 165 Å². The summed E-state index contributed by atoms with van der Waals surface area (Å²) in [5, 5.41) is 4.31. The van der Waals surface area contributed by atoms with Crippen LogP contribution >= 0.6 is 11.6 Å². The smallest absolute Gasteiger partial charge is 0.322 e. The van der Waals surface area contributed by atoms with Crippen LogP contribution in [0.5, 0.6) is 0 Å². The van der Waals surface area contributed by atoms with Gasteiger partial charge < -0.3 is 4.90 Å². The molecule has 0 bridgehead atoms. The minimum atomic E-state index is -4.50. The highest BCUT2D eigenvalue weighted by atomic mass is 35.5. The predicted octanol–water partition coefficient (Wildman–Crippen LogP) is 4.12. The van der Waals surface area contributed by atoms with Crippen LogP contribution in [0, 0.1) is 5.41 Å². The highest BCUT2D eigenvalue weighted by Crippen LogP contribution is 2.40. The van der Waals surface area contributed by atoms with Gasteiger partial charge in [0.25, 0.3) is 0 Å². The molecule has 3 heterocycles. The summed E-state index contributed by atoms with van der Waals surface area (Å²) in [6.45, 7) is 3.65. The van der Waals surface area contributed by atoms with E-state index in [0.717, 1.165) is 48.9 Å². The molecule has 2 aromatic rings. The Morgan fingerprint density at radius 1 is 1.21 bits per heavy atom. The number of benzene rings is 1. The number of amides is 1. The Kier molecular flexibility index (Phi) is 4.87. The van der Waals surface area contributed by atoms with Crippen LogP contribution in [-0.4, -0.2) is 51.8 Å². The first kappa shape index (κ1) is 19.3. The first-order chi connectivity index (χ1) is 13.2. The maximum absolute atomic E-state index is 12.7. The fraction of sp³-hybridized carbons (Fsp3) is 0.474. The standard InChI is InChI=1S/C19H20ClF3N4O/c20-16-3-1-2-14(8-16)10-25-6-4-18(12-25)5-7-26(13-18)17(28)27-11-15(9-24-27)19(21,22)23/h1-3,8-9,11H,4-7,10,12-13H2. The van der Waals surface area contributed by atoms with E-state index in [0.29, 0.717) is 24.3 Å². The number of carbonyl (C=O) groups is 1. The lowest BCUT2D eigenvalue weighted by Gasteiger charge is -2.24. The zero-order valence-electron chi connectivity index (χ0n) is 15.1. The number of aromatic nitrogens is 2. The van der Waals surface area contributed by atoms with Gasteiger partial charge in [-0.05, 0) is 37.1 Å². The number of rotatable bonds is 2. The van der Waals surface area contributed by atoms with Crippen molar-refractivity contribution in [2.24, 2.45) is 5.41 Å². The zero-order valence-corrected chi connectivity index (χ0v) is 15.9. The van der Waals surface area contributed by atoms with Crippen molar-refractivity contribution in [1.82, 2.24) is 19.6 Å². The molecule has 1 aromatic heterocycles. The molecular formula is C19H20ClF3N4O. The molecule has 1 atom stereocenters. The summed E-state index contributed by atoms with van der Waals surface area (Å²) in [5.41, 5.74) is 0.226. The minimum absolute atomic E-state index is 0.00571. The normalized spacial score (nSPS) is 23.1. The van der Waals surface area contributed by atoms with E-state index in [1.54, 1.807) is 4.90 Å². The quantitative estimate of drug-likeness (QED) is 0.745. The summed E-state index contributed by atoms with van der Waals surface area (Å²) in [4.78, 5) is 16.5. The molecule has 0 aliphatic carbocycles. The fourth-order valence-electron chi connectivity index (χ4n) is 4.21. The van der Waals surface area contributed by atoms with Crippen molar-refractivity contribution in [1.29, 1.82) is 0 Å². The van der Waals surface area contributed by atoms with Gasteiger partial charge in [-0.3, -0.25) is 4.90 Å². The van der Waals surface area contributed by atoms with Crippen molar-refractivity contribution in [3.63, 3.8) is 0 Å². The summed E-state index contributed by atoms with van der Waals surface area (Å²) in [6, 6.07) is 7.26. The highest BCUT2D eigenvalue weighted by Gasteiger charge is 2.45. The topological polar surface area (TPSA) is 41.4 Å². The van der Waals surface area contributed by atoms with Gasteiger partial charge in [-0.2, -0.15) is 23.0 Å². The largest absolute Gasteiger partial charge is 0.419 e. The van der Waals surface area contributed by atoms with Gasteiger partial charge in [-0.1, -0.05) is 23.7 Å². The highest BCUT2D eigenvalue weighted by molar-refractivity contribution is 6.30. The van der Waals surface area contributed by atoms with E-state index in [9.17, 15) is 18.0 Å². The van der Waals surface area contributed by atoms with Gasteiger partial charge in [0, 0.05) is 42.8 Å². The van der Waals surface area contributed by atoms with Gasteiger partial charge in [-0.25, -0.2) is 4.79 Å². The molecule has 2 saturated heterocycles. The van der Waals surface area contributed by atoms with Gasteiger partial charge >= 0.3 is 12.2 Å². The lowest BCUT2D eigenvalue weighted by Crippen LogP contribution is -2.36. The Hall–Kier alpha value is -2.06. The van der Waals surface area contributed by atoms with Crippen molar-refractivity contribution in [3.05, 3.63) is 52.8 Å². The van der Waals surface area contributed by atoms with Crippen LogP contribution in [0.25, 0.3) is 0 Å². The molecule has 1 unspecified atom stereocenters. The molecule has 1 amide bonds. The molecule has 2 fully saturated rings. The Bertz CT molecular complexity index is 884. The van der Waals surface area contributed by atoms with E-state index in [1.165, 1.54) is 0 Å². The third-order valence-corrected chi connectivity index (χ3v) is 5.86. The number of nitrogens with zero attached hydrogens (tertiary/aromatic N) is 4. The fourth-order valence-corrected chi connectivity index (χ4v) is 4.42. The minimum Gasteiger partial charge on any atom is -0.322 e. The van der Waals surface area contributed by atoms with E-state index < -0.39 is 17.8 Å². The maximum atomic E-state index is 12.7. The Morgan fingerprint density at radius 2 is 2.00 bits per heavy atom. The first-order valence-electron chi connectivity index (χ1n) is 9.12. The molecule has 150 valence electrons. The lowest BCUT2D eigenvalue weighted by atomic mass is 9.86. The van der Waals surface area contributed by atoms with Gasteiger partial charge in [0.2, 0.25) is 0 Å². The van der Waals surface area contributed by atoms with Crippen LogP contribution in [0.15, 0.2) is 36.7 Å². The number of halogens is 4. The average Bonchev–Trinajstić information content (AvgIpc) is 3.35. The molecule has 5 nitrogen and oxygen atoms in total. The second kappa shape index (κ2) is 7.08. The van der Waals surface area contributed by atoms with Gasteiger partial charge in [0.1, 0.15) is 0 Å². The number of hydrogen-bond acceptors (Lipinski definition) is 3. The predicted molar refractivity (Wildman–Crippen MR) is 98.0 cm³/mol. The van der Waals surface area contributed by atoms with Crippen LogP contribution in [0.2, 0.25) is 5.02 Å². The summed E-state index contributed by atoms with van der Waals surface area (Å²) < 4.78 is 39.0. The van der Waals surface area contributed by atoms with E-state index in [-0.39, 0.29) is 5.41 Å². The molecule has 28 heavy (non-hydrogen) atoms. The molecular weight excluding hydrogens is 393 g/mol. The van der Waals surface area contributed by atoms with E-state index >= 15 is 0 Å². The van der Waals surface area contributed by atoms with Crippen molar-refractivity contribution in [2.45, 2.75) is 25.6 Å². The number of alkyl halides is 3. The molecule has 1 aromatic carbocycles. The zero-order chi connectivity index (χ0) is 19.9. The van der Waals surface area contributed by atoms with Crippen LogP contribution in [0.3, 0.4) is 0 Å². The Morgan fingerprint density at radius 3 is 2.71 bits per heavy atom. The summed E-state index contributed by atoms with van der Waals surface area (Å²) in [5.74, 6) is 0. The Balaban J connectivity index is 1.38. The summed E-state index contributed by atoms with van der Waals surface area (Å²) >= 11 is 6.05. The molecule has 0 N–H and O–H groups in total. The molecule has 9 heteroatoms. The molecule has 0 radical (unpaired) electrons. The average molecular weight is 413 g/mol. The van der Waals surface area contributed by atoms with E-state index in [2.05, 4.69) is 10.00 Å². The summed E-state index contributed by atoms with van der Waals surface area (Å²) in [7, 11) is 0. The van der Waals surface area contributed by atoms with Crippen molar-refractivity contribution < 1.29 is 18.0 Å². The first-order valence-corrected chi connectivity index (χ1v) is 9.50. The maximum Gasteiger partial charge on any atom is 0.419 e. The SMILES string of the molecule is O=C(N1CCC2(CCN(Cc3cccc(Cl)c3)C2)C1)n1cc(C(F)(F)F)cn1. The third-order valence-electron chi connectivity index (χ3n) is 5.63.